The summed E-state index contributed by atoms with van der Waals surface area (Å²) in [6.45, 7) is 6.95. The first kappa shape index (κ1) is 22.4. The summed E-state index contributed by atoms with van der Waals surface area (Å²) >= 11 is 6.06. The van der Waals surface area contributed by atoms with Crippen LogP contribution in [0.5, 0.6) is 0 Å². The third-order valence-corrected chi connectivity index (χ3v) is 5.47. The van der Waals surface area contributed by atoms with Gasteiger partial charge in [-0.2, -0.15) is 0 Å². The van der Waals surface area contributed by atoms with Crippen LogP contribution in [0.25, 0.3) is 0 Å². The highest BCUT2D eigenvalue weighted by Gasteiger charge is 2.18. The molecule has 7 heteroatoms. The quantitative estimate of drug-likeness (QED) is 0.636. The van der Waals surface area contributed by atoms with Crippen LogP contribution >= 0.6 is 11.6 Å². The van der Waals surface area contributed by atoms with Crippen molar-refractivity contribution < 1.29 is 14.0 Å². The summed E-state index contributed by atoms with van der Waals surface area (Å²) in [5, 5.41) is 3.30. The zero-order valence-corrected chi connectivity index (χ0v) is 17.9. The van der Waals surface area contributed by atoms with E-state index in [1.807, 2.05) is 18.2 Å². The lowest BCUT2D eigenvalue weighted by molar-refractivity contribution is -0.114. The second kappa shape index (κ2) is 10.7. The molecule has 1 amide bonds. The van der Waals surface area contributed by atoms with Crippen molar-refractivity contribution in [2.45, 2.75) is 26.3 Å². The molecule has 5 nitrogen and oxygen atoms in total. The molecule has 0 aliphatic carbocycles. The molecule has 1 saturated heterocycles. The summed E-state index contributed by atoms with van der Waals surface area (Å²) in [4.78, 5) is 28.7. The van der Waals surface area contributed by atoms with Crippen LogP contribution in [0.4, 0.5) is 10.1 Å². The molecular weight excluding hydrogens is 405 g/mol. The minimum absolute atomic E-state index is 0.0849. The van der Waals surface area contributed by atoms with E-state index >= 15 is 0 Å². The molecule has 0 saturated carbocycles. The molecule has 1 heterocycles. The van der Waals surface area contributed by atoms with Crippen LogP contribution in [-0.4, -0.2) is 54.2 Å². The summed E-state index contributed by atoms with van der Waals surface area (Å²) in [6.07, 6.45) is 1.09. The van der Waals surface area contributed by atoms with Crippen molar-refractivity contribution in [1.82, 2.24) is 9.80 Å². The molecule has 0 bridgehead atoms. The van der Waals surface area contributed by atoms with E-state index in [4.69, 9.17) is 11.6 Å². The Labute approximate surface area is 181 Å². The van der Waals surface area contributed by atoms with E-state index in [1.165, 1.54) is 30.7 Å². The van der Waals surface area contributed by atoms with Crippen molar-refractivity contribution in [3.8, 4) is 0 Å². The second-order valence-electron chi connectivity index (χ2n) is 7.65. The van der Waals surface area contributed by atoms with Crippen LogP contribution in [-0.2, 0) is 11.3 Å². The molecule has 1 N–H and O–H groups in total. The van der Waals surface area contributed by atoms with Gasteiger partial charge in [-0.15, -0.1) is 0 Å². The van der Waals surface area contributed by atoms with Crippen LogP contribution in [0, 0.1) is 5.82 Å². The van der Waals surface area contributed by atoms with E-state index in [-0.39, 0.29) is 17.4 Å². The molecule has 1 aliphatic heterocycles. The number of halogens is 2. The summed E-state index contributed by atoms with van der Waals surface area (Å²) in [6, 6.07) is 11.8. The third-order valence-electron chi connectivity index (χ3n) is 5.23. The van der Waals surface area contributed by atoms with Gasteiger partial charge in [-0.25, -0.2) is 4.39 Å². The lowest BCUT2D eigenvalue weighted by atomic mass is 10.0. The van der Waals surface area contributed by atoms with Crippen LogP contribution in [0.2, 0.25) is 5.02 Å². The van der Waals surface area contributed by atoms with Crippen molar-refractivity contribution in [3.63, 3.8) is 0 Å². The molecule has 1 fully saturated rings. The smallest absolute Gasteiger partial charge is 0.221 e. The first-order chi connectivity index (χ1) is 14.4. The van der Waals surface area contributed by atoms with E-state index in [1.54, 1.807) is 0 Å². The number of amides is 1. The number of carbonyl (C=O) groups excluding carboxylic acids is 2. The summed E-state index contributed by atoms with van der Waals surface area (Å²) in [5.74, 6) is -0.894. The highest BCUT2D eigenvalue weighted by Crippen LogP contribution is 2.20. The van der Waals surface area contributed by atoms with Gasteiger partial charge in [0, 0.05) is 56.7 Å². The molecule has 3 rings (SSSR count). The first-order valence-electron chi connectivity index (χ1n) is 10.2. The Balaban J connectivity index is 1.43. The van der Waals surface area contributed by atoms with Gasteiger partial charge in [-0.05, 0) is 48.9 Å². The molecule has 0 atom stereocenters. The fourth-order valence-electron chi connectivity index (χ4n) is 3.72. The standard InChI is InChI=1S/C23H27ClFN3O2/c1-17(29)26-22-15-20(25)7-8-21(22)23(30)6-3-9-27-10-12-28(13-11-27)16-18-4-2-5-19(24)14-18/h2,4-5,7-8,14-15H,3,6,9-13,16H2,1H3,(H,26,29). The predicted molar refractivity (Wildman–Crippen MR) is 117 cm³/mol. The molecule has 0 aromatic heterocycles. The highest BCUT2D eigenvalue weighted by molar-refractivity contribution is 6.30. The van der Waals surface area contributed by atoms with Crippen molar-refractivity contribution in [2.24, 2.45) is 0 Å². The number of carbonyl (C=O) groups is 2. The second-order valence-corrected chi connectivity index (χ2v) is 8.08. The molecule has 2 aromatic rings. The summed E-state index contributed by atoms with van der Waals surface area (Å²) in [7, 11) is 0. The zero-order chi connectivity index (χ0) is 21.5. The lowest BCUT2D eigenvalue weighted by Crippen LogP contribution is -2.46. The molecule has 160 valence electrons. The maximum atomic E-state index is 13.5. The van der Waals surface area contributed by atoms with Gasteiger partial charge in [0.2, 0.25) is 5.91 Å². The molecule has 0 radical (unpaired) electrons. The van der Waals surface area contributed by atoms with Gasteiger partial charge < -0.3 is 10.2 Å². The number of nitrogens with one attached hydrogen (secondary N) is 1. The minimum Gasteiger partial charge on any atom is -0.326 e. The van der Waals surface area contributed by atoms with E-state index in [9.17, 15) is 14.0 Å². The van der Waals surface area contributed by atoms with Gasteiger partial charge in [0.15, 0.2) is 5.78 Å². The summed E-state index contributed by atoms with van der Waals surface area (Å²) in [5.41, 5.74) is 1.82. The Morgan fingerprint density at radius 2 is 1.80 bits per heavy atom. The van der Waals surface area contributed by atoms with E-state index < -0.39 is 5.82 Å². The summed E-state index contributed by atoms with van der Waals surface area (Å²) < 4.78 is 13.5. The van der Waals surface area contributed by atoms with Crippen LogP contribution in [0.3, 0.4) is 0 Å². The molecule has 1 aliphatic rings. The van der Waals surface area contributed by atoms with Gasteiger partial charge >= 0.3 is 0 Å². The number of anilines is 1. The van der Waals surface area contributed by atoms with Crippen molar-refractivity contribution in [2.75, 3.05) is 38.0 Å². The Morgan fingerprint density at radius 3 is 2.50 bits per heavy atom. The third kappa shape index (κ3) is 6.62. The average molecular weight is 432 g/mol. The maximum absolute atomic E-state index is 13.5. The van der Waals surface area contributed by atoms with E-state index in [0.29, 0.717) is 12.0 Å². The zero-order valence-electron chi connectivity index (χ0n) is 17.2. The molecule has 0 spiro atoms. The van der Waals surface area contributed by atoms with Crippen molar-refractivity contribution in [3.05, 3.63) is 64.4 Å². The predicted octanol–water partition coefficient (Wildman–Crippen LogP) is 4.22. The number of piperazine rings is 1. The first-order valence-corrected chi connectivity index (χ1v) is 10.6. The van der Waals surface area contributed by atoms with Gasteiger partial charge in [0.25, 0.3) is 0 Å². The number of rotatable bonds is 8. The number of ketones is 1. The fourth-order valence-corrected chi connectivity index (χ4v) is 3.93. The van der Waals surface area contributed by atoms with Gasteiger partial charge in [-0.1, -0.05) is 23.7 Å². The number of Topliss-reactive ketones (excluding diaryl/α,β-unsaturated/α-hetero) is 1. The Bertz CT molecular complexity index is 898. The largest absolute Gasteiger partial charge is 0.326 e. The fraction of sp³-hybridized carbons (Fsp3) is 0.391. The van der Waals surface area contributed by atoms with Gasteiger partial charge in [0.05, 0.1) is 5.69 Å². The van der Waals surface area contributed by atoms with Gasteiger partial charge in [0.1, 0.15) is 5.82 Å². The van der Waals surface area contributed by atoms with Crippen LogP contribution in [0.15, 0.2) is 42.5 Å². The van der Waals surface area contributed by atoms with Crippen molar-refractivity contribution in [1.29, 1.82) is 0 Å². The number of hydrogen-bond donors (Lipinski definition) is 1. The van der Waals surface area contributed by atoms with Crippen LogP contribution < -0.4 is 5.32 Å². The Kier molecular flexibility index (Phi) is 7.96. The normalized spacial score (nSPS) is 15.2. The van der Waals surface area contributed by atoms with Crippen LogP contribution in [0.1, 0.15) is 35.7 Å². The average Bonchev–Trinajstić information content (AvgIpc) is 2.69. The Morgan fingerprint density at radius 1 is 1.07 bits per heavy atom. The Hall–Kier alpha value is -2.28. The van der Waals surface area contributed by atoms with Crippen molar-refractivity contribution >= 4 is 29.0 Å². The lowest BCUT2D eigenvalue weighted by Gasteiger charge is -2.34. The van der Waals surface area contributed by atoms with E-state index in [0.717, 1.165) is 50.7 Å². The number of benzene rings is 2. The monoisotopic (exact) mass is 431 g/mol. The highest BCUT2D eigenvalue weighted by atomic mass is 35.5. The van der Waals surface area contributed by atoms with Gasteiger partial charge in [-0.3, -0.25) is 14.5 Å². The molecule has 2 aromatic carbocycles. The number of nitrogens with zero attached hydrogens (tertiary/aromatic N) is 2. The minimum atomic E-state index is -0.481. The topological polar surface area (TPSA) is 52.7 Å². The number of hydrogen-bond acceptors (Lipinski definition) is 4. The SMILES string of the molecule is CC(=O)Nc1cc(F)ccc1C(=O)CCCN1CCN(Cc2cccc(Cl)c2)CC1. The molecule has 30 heavy (non-hydrogen) atoms. The maximum Gasteiger partial charge on any atom is 0.221 e. The van der Waals surface area contributed by atoms with E-state index in [2.05, 4.69) is 21.2 Å². The molecular formula is C23H27ClFN3O2. The molecule has 0 unspecified atom stereocenters.